The summed E-state index contributed by atoms with van der Waals surface area (Å²) < 4.78 is 0. The fraction of sp³-hybridized carbons (Fsp3) is 0.615. The molecule has 0 amide bonds. The SMILES string of the molecule is CC[C@H](C)[C@@H](N)C(=O)C1NCCS1.O=C(O)/C=C/C(=O)O. The lowest BCUT2D eigenvalue weighted by Crippen LogP contribution is -2.45. The molecule has 0 radical (unpaired) electrons. The molecule has 8 heteroatoms. The van der Waals surface area contributed by atoms with E-state index in [2.05, 4.69) is 12.2 Å². The Balaban J connectivity index is 0.000000433. The first-order valence-electron chi connectivity index (χ1n) is 6.57. The molecule has 3 atom stereocenters. The number of nitrogens with two attached hydrogens (primary N) is 1. The van der Waals surface area contributed by atoms with Crippen molar-refractivity contribution in [1.29, 1.82) is 0 Å². The highest BCUT2D eigenvalue weighted by Crippen LogP contribution is 2.18. The molecule has 7 nitrogen and oxygen atoms in total. The summed E-state index contributed by atoms with van der Waals surface area (Å²) in [5.41, 5.74) is 5.85. The Kier molecular flexibility index (Phi) is 9.68. The van der Waals surface area contributed by atoms with Gasteiger partial charge in [-0.25, -0.2) is 9.59 Å². The van der Waals surface area contributed by atoms with Gasteiger partial charge >= 0.3 is 11.9 Å². The van der Waals surface area contributed by atoms with Crippen LogP contribution >= 0.6 is 11.8 Å². The van der Waals surface area contributed by atoms with Crippen molar-refractivity contribution >= 4 is 29.5 Å². The normalized spacial score (nSPS) is 20.4. The quantitative estimate of drug-likeness (QED) is 0.515. The van der Waals surface area contributed by atoms with Gasteiger partial charge in [0, 0.05) is 24.4 Å². The second-order valence-corrected chi connectivity index (χ2v) is 5.74. The third-order valence-electron chi connectivity index (χ3n) is 2.93. The largest absolute Gasteiger partial charge is 0.478 e. The Morgan fingerprint density at radius 1 is 1.33 bits per heavy atom. The minimum Gasteiger partial charge on any atom is -0.478 e. The molecule has 120 valence electrons. The van der Waals surface area contributed by atoms with Crippen LogP contribution in [0.5, 0.6) is 0 Å². The Morgan fingerprint density at radius 3 is 2.19 bits per heavy atom. The smallest absolute Gasteiger partial charge is 0.328 e. The van der Waals surface area contributed by atoms with Crippen LogP contribution in [-0.2, 0) is 14.4 Å². The van der Waals surface area contributed by atoms with Crippen LogP contribution in [0.25, 0.3) is 0 Å². The van der Waals surface area contributed by atoms with Gasteiger partial charge in [0.15, 0.2) is 5.78 Å². The number of carboxylic acid groups (broad SMARTS) is 2. The summed E-state index contributed by atoms with van der Waals surface area (Å²) in [6.07, 6.45) is 2.08. The standard InChI is InChI=1S/C9H18N2OS.C4H4O4/c1-3-6(2)7(10)8(12)9-11-4-5-13-9;5-3(6)1-2-4(7)8/h6-7,9,11H,3-5,10H2,1-2H3;1-2H,(H,5,6)(H,7,8)/b;2-1+/t6-,7+,9?;/m0./s1. The number of rotatable bonds is 6. The van der Waals surface area contributed by atoms with E-state index < -0.39 is 11.9 Å². The first kappa shape index (κ1) is 19.6. The molecule has 1 aliphatic heterocycles. The summed E-state index contributed by atoms with van der Waals surface area (Å²) in [7, 11) is 0. The first-order valence-corrected chi connectivity index (χ1v) is 7.62. The van der Waals surface area contributed by atoms with Crippen molar-refractivity contribution in [2.75, 3.05) is 12.3 Å². The minimum atomic E-state index is -1.26. The van der Waals surface area contributed by atoms with Gasteiger partial charge in [0.05, 0.1) is 6.04 Å². The van der Waals surface area contributed by atoms with Crippen LogP contribution in [-0.4, -0.2) is 51.6 Å². The molecule has 1 rings (SSSR count). The van der Waals surface area contributed by atoms with Crippen LogP contribution in [0.3, 0.4) is 0 Å². The monoisotopic (exact) mass is 318 g/mol. The second kappa shape index (κ2) is 10.4. The molecule has 1 aliphatic rings. The highest BCUT2D eigenvalue weighted by Gasteiger charge is 2.29. The van der Waals surface area contributed by atoms with Crippen LogP contribution in [0, 0.1) is 5.92 Å². The summed E-state index contributed by atoms with van der Waals surface area (Å²) in [5, 5.41) is 18.7. The number of carboxylic acids is 2. The predicted octanol–water partition coefficient (Wildman–Crippen LogP) is 0.303. The van der Waals surface area contributed by atoms with Crippen molar-refractivity contribution in [2.45, 2.75) is 31.7 Å². The zero-order valence-electron chi connectivity index (χ0n) is 12.1. The molecule has 5 N–H and O–H groups in total. The third-order valence-corrected chi connectivity index (χ3v) is 4.10. The van der Waals surface area contributed by atoms with Crippen molar-refractivity contribution < 1.29 is 24.6 Å². The number of thioether (sulfide) groups is 1. The number of carbonyl (C=O) groups is 3. The predicted molar refractivity (Wildman–Crippen MR) is 81.1 cm³/mol. The maximum absolute atomic E-state index is 11.7. The van der Waals surface area contributed by atoms with E-state index >= 15 is 0 Å². The summed E-state index contributed by atoms with van der Waals surface area (Å²) in [6, 6.07) is -0.298. The molecule has 0 aromatic heterocycles. The number of hydrogen-bond acceptors (Lipinski definition) is 6. The van der Waals surface area contributed by atoms with Gasteiger partial charge in [0.2, 0.25) is 0 Å². The van der Waals surface area contributed by atoms with Crippen molar-refractivity contribution in [2.24, 2.45) is 11.7 Å². The van der Waals surface area contributed by atoms with Crippen molar-refractivity contribution in [3.8, 4) is 0 Å². The summed E-state index contributed by atoms with van der Waals surface area (Å²) in [4.78, 5) is 30.8. The third kappa shape index (κ3) is 8.49. The summed E-state index contributed by atoms with van der Waals surface area (Å²) >= 11 is 1.67. The lowest BCUT2D eigenvalue weighted by molar-refractivity contribution is -0.134. The van der Waals surface area contributed by atoms with Gasteiger partial charge in [-0.2, -0.15) is 0 Å². The first-order chi connectivity index (χ1) is 9.79. The van der Waals surface area contributed by atoms with Crippen molar-refractivity contribution in [3.05, 3.63) is 12.2 Å². The van der Waals surface area contributed by atoms with Crippen LogP contribution in [0.1, 0.15) is 20.3 Å². The highest BCUT2D eigenvalue weighted by molar-refractivity contribution is 8.00. The van der Waals surface area contributed by atoms with Gasteiger partial charge in [-0.3, -0.25) is 10.1 Å². The van der Waals surface area contributed by atoms with E-state index in [4.69, 9.17) is 15.9 Å². The maximum atomic E-state index is 11.7. The fourth-order valence-corrected chi connectivity index (χ4v) is 2.49. The van der Waals surface area contributed by atoms with E-state index in [-0.39, 0.29) is 23.1 Å². The van der Waals surface area contributed by atoms with E-state index in [1.807, 2.05) is 6.92 Å². The van der Waals surface area contributed by atoms with Gasteiger partial charge in [-0.15, -0.1) is 11.8 Å². The Labute approximate surface area is 128 Å². The molecular weight excluding hydrogens is 296 g/mol. The van der Waals surface area contributed by atoms with E-state index in [0.29, 0.717) is 12.2 Å². The minimum absolute atomic E-state index is 0.0519. The average Bonchev–Trinajstić information content (AvgIpc) is 2.97. The van der Waals surface area contributed by atoms with Crippen LogP contribution < -0.4 is 11.1 Å². The Bertz CT molecular complexity index is 378. The molecule has 0 aliphatic carbocycles. The van der Waals surface area contributed by atoms with Crippen molar-refractivity contribution in [1.82, 2.24) is 5.32 Å². The van der Waals surface area contributed by atoms with E-state index in [1.54, 1.807) is 11.8 Å². The Hall–Kier alpha value is -1.38. The molecule has 21 heavy (non-hydrogen) atoms. The van der Waals surface area contributed by atoms with Crippen LogP contribution in [0.4, 0.5) is 0 Å². The number of aliphatic carboxylic acids is 2. The molecule has 0 saturated carbocycles. The molecule has 0 spiro atoms. The Morgan fingerprint density at radius 2 is 1.86 bits per heavy atom. The number of carbonyl (C=O) groups excluding carboxylic acids is 1. The average molecular weight is 318 g/mol. The molecule has 0 aromatic carbocycles. The van der Waals surface area contributed by atoms with E-state index in [0.717, 1.165) is 18.7 Å². The second-order valence-electron chi connectivity index (χ2n) is 4.53. The molecule has 1 unspecified atom stereocenters. The van der Waals surface area contributed by atoms with Gasteiger partial charge in [0.1, 0.15) is 5.37 Å². The van der Waals surface area contributed by atoms with Crippen LogP contribution in [0.15, 0.2) is 12.2 Å². The van der Waals surface area contributed by atoms with Gasteiger partial charge in [0.25, 0.3) is 0 Å². The van der Waals surface area contributed by atoms with Crippen molar-refractivity contribution in [3.63, 3.8) is 0 Å². The molecule has 0 aromatic rings. The zero-order chi connectivity index (χ0) is 16.4. The fourth-order valence-electron chi connectivity index (χ4n) is 1.46. The van der Waals surface area contributed by atoms with Gasteiger partial charge < -0.3 is 15.9 Å². The van der Waals surface area contributed by atoms with Gasteiger partial charge in [-0.1, -0.05) is 20.3 Å². The number of nitrogens with one attached hydrogen (secondary N) is 1. The maximum Gasteiger partial charge on any atom is 0.328 e. The van der Waals surface area contributed by atoms with Gasteiger partial charge in [-0.05, 0) is 5.92 Å². The lowest BCUT2D eigenvalue weighted by atomic mass is 9.96. The molecule has 1 fully saturated rings. The van der Waals surface area contributed by atoms with E-state index in [1.165, 1.54) is 0 Å². The van der Waals surface area contributed by atoms with E-state index in [9.17, 15) is 14.4 Å². The number of Topliss-reactive ketones (excluding diaryl/α,β-unsaturated/α-hetero) is 1. The highest BCUT2D eigenvalue weighted by atomic mass is 32.2. The topological polar surface area (TPSA) is 130 Å². The number of hydrogen-bond donors (Lipinski definition) is 4. The molecule has 0 bridgehead atoms. The lowest BCUT2D eigenvalue weighted by Gasteiger charge is -2.19. The molecule has 1 saturated heterocycles. The zero-order valence-corrected chi connectivity index (χ0v) is 12.9. The summed E-state index contributed by atoms with van der Waals surface area (Å²) in [5.74, 6) is -1.05. The summed E-state index contributed by atoms with van der Waals surface area (Å²) in [6.45, 7) is 5.02. The van der Waals surface area contributed by atoms with Crippen LogP contribution in [0.2, 0.25) is 0 Å². The number of ketones is 1. The molecular formula is C13H22N2O5S. The molecule has 1 heterocycles.